The molecule has 0 saturated heterocycles. The Morgan fingerprint density at radius 2 is 2.29 bits per heavy atom. The summed E-state index contributed by atoms with van der Waals surface area (Å²) in [6.45, 7) is 6.48. The number of amides is 1. The third-order valence-corrected chi connectivity index (χ3v) is 3.74. The van der Waals surface area contributed by atoms with Crippen molar-refractivity contribution in [1.29, 1.82) is 0 Å². The van der Waals surface area contributed by atoms with Crippen LogP contribution in [0, 0.1) is 5.92 Å². The number of rotatable bonds is 7. The average molecular weight is 319 g/mol. The smallest absolute Gasteiger partial charge is 0.221 e. The van der Waals surface area contributed by atoms with E-state index in [0.29, 0.717) is 12.3 Å². The molecule has 0 fully saturated rings. The van der Waals surface area contributed by atoms with Gasteiger partial charge in [0.15, 0.2) is 0 Å². The monoisotopic (exact) mass is 318 g/mol. The molecule has 5 heteroatoms. The summed E-state index contributed by atoms with van der Waals surface area (Å²) in [5.41, 5.74) is 1.25. The van der Waals surface area contributed by atoms with Gasteiger partial charge in [-0.05, 0) is 38.9 Å². The van der Waals surface area contributed by atoms with Crippen LogP contribution in [0.25, 0.3) is 0 Å². The van der Waals surface area contributed by atoms with Crippen LogP contribution in [0.5, 0.6) is 0 Å². The van der Waals surface area contributed by atoms with Crippen LogP contribution in [0.1, 0.15) is 25.8 Å². The normalized spacial score (nSPS) is 10.8. The van der Waals surface area contributed by atoms with Crippen LogP contribution in [0.3, 0.4) is 0 Å². The van der Waals surface area contributed by atoms with Crippen LogP contribution in [-0.2, 0) is 11.3 Å². The zero-order valence-electron chi connectivity index (χ0n) is 10.3. The van der Waals surface area contributed by atoms with Crippen molar-refractivity contribution in [3.05, 3.63) is 20.8 Å². The Morgan fingerprint density at radius 1 is 1.53 bits per heavy atom. The molecule has 0 aliphatic heterocycles. The molecule has 0 unspecified atom stereocenters. The van der Waals surface area contributed by atoms with Gasteiger partial charge in [0.1, 0.15) is 0 Å². The van der Waals surface area contributed by atoms with Crippen molar-refractivity contribution < 1.29 is 4.79 Å². The van der Waals surface area contributed by atoms with E-state index >= 15 is 0 Å². The predicted molar refractivity (Wildman–Crippen MR) is 76.2 cm³/mol. The average Bonchev–Trinajstić information content (AvgIpc) is 2.68. The molecule has 0 aromatic carbocycles. The zero-order chi connectivity index (χ0) is 12.7. The minimum absolute atomic E-state index is 0.123. The molecule has 0 bridgehead atoms. The summed E-state index contributed by atoms with van der Waals surface area (Å²) >= 11 is 5.10. The maximum absolute atomic E-state index is 11.4. The molecule has 17 heavy (non-hydrogen) atoms. The van der Waals surface area contributed by atoms with Crippen molar-refractivity contribution in [2.24, 2.45) is 5.92 Å². The molecule has 0 radical (unpaired) electrons. The van der Waals surface area contributed by atoms with E-state index in [-0.39, 0.29) is 5.91 Å². The van der Waals surface area contributed by atoms with Crippen molar-refractivity contribution in [3.63, 3.8) is 0 Å². The molecule has 0 aliphatic carbocycles. The molecule has 3 nitrogen and oxygen atoms in total. The first-order chi connectivity index (χ1) is 8.08. The van der Waals surface area contributed by atoms with Crippen LogP contribution in [0.2, 0.25) is 0 Å². The van der Waals surface area contributed by atoms with Gasteiger partial charge in [-0.25, -0.2) is 0 Å². The van der Waals surface area contributed by atoms with Crippen molar-refractivity contribution >= 4 is 33.2 Å². The van der Waals surface area contributed by atoms with E-state index in [4.69, 9.17) is 0 Å². The van der Waals surface area contributed by atoms with Gasteiger partial charge >= 0.3 is 0 Å². The van der Waals surface area contributed by atoms with E-state index in [9.17, 15) is 4.79 Å². The first-order valence-corrected chi connectivity index (χ1v) is 7.45. The van der Waals surface area contributed by atoms with Crippen LogP contribution in [0.4, 0.5) is 0 Å². The van der Waals surface area contributed by atoms with Crippen LogP contribution >= 0.6 is 27.3 Å². The van der Waals surface area contributed by atoms with Crippen molar-refractivity contribution in [2.75, 3.05) is 13.1 Å². The molecule has 96 valence electrons. The Balaban J connectivity index is 2.06. The summed E-state index contributed by atoms with van der Waals surface area (Å²) in [6.07, 6.45) is 0.540. The summed E-state index contributed by atoms with van der Waals surface area (Å²) in [5.74, 6) is 0.632. The molecule has 1 amide bonds. The molecule has 0 aliphatic rings. The largest absolute Gasteiger partial charge is 0.356 e. The van der Waals surface area contributed by atoms with E-state index < -0.39 is 0 Å². The first kappa shape index (κ1) is 14.7. The van der Waals surface area contributed by atoms with E-state index in [1.807, 2.05) is 0 Å². The Hall–Kier alpha value is -0.390. The lowest BCUT2D eigenvalue weighted by Gasteiger charge is -2.07. The summed E-state index contributed by atoms with van der Waals surface area (Å²) in [5, 5.41) is 8.27. The number of carbonyl (C=O) groups excluding carboxylic acids is 1. The van der Waals surface area contributed by atoms with Gasteiger partial charge in [-0.2, -0.15) is 0 Å². The predicted octanol–water partition coefficient (Wildman–Crippen LogP) is 2.76. The Kier molecular flexibility index (Phi) is 6.77. The van der Waals surface area contributed by atoms with Gasteiger partial charge in [0.2, 0.25) is 5.91 Å². The van der Waals surface area contributed by atoms with Gasteiger partial charge in [-0.15, -0.1) is 11.3 Å². The molecule has 1 aromatic rings. The number of halogens is 1. The number of nitrogens with one attached hydrogen (secondary N) is 2. The molecule has 0 atom stereocenters. The van der Waals surface area contributed by atoms with Crippen molar-refractivity contribution in [2.45, 2.75) is 26.8 Å². The van der Waals surface area contributed by atoms with E-state index in [2.05, 4.69) is 51.9 Å². The molecule has 1 aromatic heterocycles. The Labute approximate surface area is 115 Å². The van der Waals surface area contributed by atoms with Gasteiger partial charge in [-0.1, -0.05) is 13.8 Å². The van der Waals surface area contributed by atoms with Gasteiger partial charge in [0.05, 0.1) is 3.79 Å². The fraction of sp³-hybridized carbons (Fsp3) is 0.583. The Bertz CT molecular complexity index is 352. The second-order valence-electron chi connectivity index (χ2n) is 4.38. The van der Waals surface area contributed by atoms with Gasteiger partial charge in [0.25, 0.3) is 0 Å². The van der Waals surface area contributed by atoms with Crippen LogP contribution in [-0.4, -0.2) is 19.0 Å². The van der Waals surface area contributed by atoms with E-state index in [1.165, 1.54) is 5.56 Å². The minimum atomic E-state index is 0.123. The standard InChI is InChI=1S/C12H19BrN2OS/c1-9(2)6-15-12(16)3-4-14-7-10-5-11(13)17-8-10/h5,8-9,14H,3-4,6-7H2,1-2H3,(H,15,16). The van der Waals surface area contributed by atoms with Gasteiger partial charge in [0, 0.05) is 26.1 Å². The van der Waals surface area contributed by atoms with Crippen molar-refractivity contribution in [1.82, 2.24) is 10.6 Å². The van der Waals surface area contributed by atoms with Gasteiger partial charge < -0.3 is 10.6 Å². The van der Waals surface area contributed by atoms with E-state index in [1.54, 1.807) is 11.3 Å². The maximum Gasteiger partial charge on any atom is 0.221 e. The SMILES string of the molecule is CC(C)CNC(=O)CCNCc1csc(Br)c1. The first-order valence-electron chi connectivity index (χ1n) is 5.78. The highest BCUT2D eigenvalue weighted by Crippen LogP contribution is 2.20. The fourth-order valence-electron chi connectivity index (χ4n) is 1.28. The summed E-state index contributed by atoms with van der Waals surface area (Å²) < 4.78 is 1.14. The maximum atomic E-state index is 11.4. The minimum Gasteiger partial charge on any atom is -0.356 e. The number of thiophene rings is 1. The molecule has 1 rings (SSSR count). The highest BCUT2D eigenvalue weighted by Gasteiger charge is 2.02. The highest BCUT2D eigenvalue weighted by molar-refractivity contribution is 9.11. The number of carbonyl (C=O) groups is 1. The lowest BCUT2D eigenvalue weighted by Crippen LogP contribution is -2.30. The van der Waals surface area contributed by atoms with Crippen LogP contribution in [0.15, 0.2) is 15.2 Å². The highest BCUT2D eigenvalue weighted by atomic mass is 79.9. The lowest BCUT2D eigenvalue weighted by atomic mass is 10.2. The van der Waals surface area contributed by atoms with Gasteiger partial charge in [-0.3, -0.25) is 4.79 Å². The molecule has 0 saturated carbocycles. The Morgan fingerprint density at radius 3 is 2.88 bits per heavy atom. The molecular weight excluding hydrogens is 300 g/mol. The van der Waals surface area contributed by atoms with E-state index in [0.717, 1.165) is 23.4 Å². The van der Waals surface area contributed by atoms with Crippen LogP contribution < -0.4 is 10.6 Å². The third kappa shape index (κ3) is 6.81. The number of hydrogen-bond donors (Lipinski definition) is 2. The second-order valence-corrected chi connectivity index (χ2v) is 6.67. The third-order valence-electron chi connectivity index (χ3n) is 2.19. The zero-order valence-corrected chi connectivity index (χ0v) is 12.7. The lowest BCUT2D eigenvalue weighted by molar-refractivity contribution is -0.121. The molecule has 0 spiro atoms. The quantitative estimate of drug-likeness (QED) is 0.759. The fourth-order valence-corrected chi connectivity index (χ4v) is 2.49. The second kappa shape index (κ2) is 7.84. The molecule has 1 heterocycles. The summed E-state index contributed by atoms with van der Waals surface area (Å²) in [7, 11) is 0. The molecular formula is C12H19BrN2OS. The van der Waals surface area contributed by atoms with Crippen molar-refractivity contribution in [3.8, 4) is 0 Å². The topological polar surface area (TPSA) is 41.1 Å². The summed E-state index contributed by atoms with van der Waals surface area (Å²) in [6, 6.07) is 2.09. The summed E-state index contributed by atoms with van der Waals surface area (Å²) in [4.78, 5) is 11.4. The molecule has 2 N–H and O–H groups in total. The number of hydrogen-bond acceptors (Lipinski definition) is 3.